The van der Waals surface area contributed by atoms with E-state index in [0.29, 0.717) is 16.5 Å². The average Bonchev–Trinajstić information content (AvgIpc) is 2.90. The second-order valence-electron chi connectivity index (χ2n) is 4.64. The lowest BCUT2D eigenvalue weighted by Crippen LogP contribution is -2.20. The summed E-state index contributed by atoms with van der Waals surface area (Å²) in [4.78, 5) is 24.9. The smallest absolute Gasteiger partial charge is 0.272 e. The Morgan fingerprint density at radius 3 is 2.62 bits per heavy atom. The number of hydrogen-bond acceptors (Lipinski definition) is 4. The van der Waals surface area contributed by atoms with Gasteiger partial charge in [-0.15, -0.1) is 11.3 Å². The van der Waals surface area contributed by atoms with E-state index in [1.165, 1.54) is 0 Å². The highest BCUT2D eigenvalue weighted by Crippen LogP contribution is 2.30. The predicted molar refractivity (Wildman–Crippen MR) is 89.2 cm³/mol. The second-order valence-corrected chi connectivity index (χ2v) is 7.14. The number of fused-ring (bicyclic) bond motifs is 1. The first-order valence-electron chi connectivity index (χ1n) is 6.31. The molecule has 0 aliphatic carbocycles. The van der Waals surface area contributed by atoms with Crippen LogP contribution in [-0.2, 0) is 0 Å². The Morgan fingerprint density at radius 2 is 1.90 bits per heavy atom. The normalized spacial score (nSPS) is 12.5. The molecule has 0 aliphatic rings. The van der Waals surface area contributed by atoms with E-state index in [9.17, 15) is 9.59 Å². The van der Waals surface area contributed by atoms with Gasteiger partial charge < -0.3 is 5.32 Å². The molecule has 3 N–H and O–H groups in total. The van der Waals surface area contributed by atoms with Crippen molar-refractivity contribution in [3.8, 4) is 0 Å². The number of H-pyrrole nitrogens is 2. The molecule has 108 valence electrons. The second kappa shape index (κ2) is 5.50. The summed E-state index contributed by atoms with van der Waals surface area (Å²) in [6.07, 6.45) is 0. The Hall–Kier alpha value is -1.86. The molecule has 5 nitrogen and oxygen atoms in total. The summed E-state index contributed by atoms with van der Waals surface area (Å²) >= 11 is 5.07. The minimum atomic E-state index is -0.313. The zero-order valence-corrected chi connectivity index (χ0v) is 13.5. The first-order valence-corrected chi connectivity index (χ1v) is 7.92. The van der Waals surface area contributed by atoms with Crippen LogP contribution >= 0.6 is 27.3 Å². The van der Waals surface area contributed by atoms with E-state index in [4.69, 9.17) is 0 Å². The Bertz CT molecular complexity index is 912. The van der Waals surface area contributed by atoms with Crippen LogP contribution in [0.1, 0.15) is 17.8 Å². The zero-order valence-electron chi connectivity index (χ0n) is 11.1. The van der Waals surface area contributed by atoms with Gasteiger partial charge in [0.1, 0.15) is 0 Å². The molecule has 3 rings (SSSR count). The van der Waals surface area contributed by atoms with E-state index >= 15 is 0 Å². The summed E-state index contributed by atoms with van der Waals surface area (Å²) in [6.45, 7) is 2.01. The summed E-state index contributed by atoms with van der Waals surface area (Å²) in [5, 5.41) is 8.75. The Kier molecular flexibility index (Phi) is 3.69. The van der Waals surface area contributed by atoms with Crippen molar-refractivity contribution in [2.75, 3.05) is 5.32 Å². The summed E-state index contributed by atoms with van der Waals surface area (Å²) in [5.74, 6) is 0. The number of aromatic amines is 2. The van der Waals surface area contributed by atoms with Crippen molar-refractivity contribution in [2.45, 2.75) is 13.0 Å². The molecule has 7 heteroatoms. The quantitative estimate of drug-likeness (QED) is 0.666. The van der Waals surface area contributed by atoms with Crippen LogP contribution in [0.4, 0.5) is 5.69 Å². The number of aromatic nitrogens is 2. The van der Waals surface area contributed by atoms with Crippen molar-refractivity contribution in [1.29, 1.82) is 0 Å². The van der Waals surface area contributed by atoms with E-state index < -0.39 is 0 Å². The van der Waals surface area contributed by atoms with E-state index in [-0.39, 0.29) is 17.2 Å². The predicted octanol–water partition coefficient (Wildman–Crippen LogP) is 3.21. The van der Waals surface area contributed by atoms with Gasteiger partial charge in [0.05, 0.1) is 20.6 Å². The third-order valence-corrected chi connectivity index (χ3v) is 5.02. The maximum Gasteiger partial charge on any atom is 0.272 e. The van der Waals surface area contributed by atoms with Crippen molar-refractivity contribution in [2.24, 2.45) is 0 Å². The molecule has 0 fully saturated rings. The molecule has 0 amide bonds. The van der Waals surface area contributed by atoms with Crippen LogP contribution in [0.3, 0.4) is 0 Å². The molecule has 1 unspecified atom stereocenters. The molecule has 1 atom stereocenters. The van der Waals surface area contributed by atoms with Crippen molar-refractivity contribution in [3.63, 3.8) is 0 Å². The highest BCUT2D eigenvalue weighted by Gasteiger charge is 2.12. The van der Waals surface area contributed by atoms with Crippen LogP contribution in [0.25, 0.3) is 10.8 Å². The van der Waals surface area contributed by atoms with Gasteiger partial charge in [-0.25, -0.2) is 0 Å². The maximum atomic E-state index is 12.0. The van der Waals surface area contributed by atoms with Crippen molar-refractivity contribution >= 4 is 43.7 Å². The summed E-state index contributed by atoms with van der Waals surface area (Å²) in [6, 6.07) is 9.24. The molecule has 0 saturated heterocycles. The van der Waals surface area contributed by atoms with Crippen LogP contribution in [-0.4, -0.2) is 10.2 Å². The fraction of sp³-hybridized carbons (Fsp3) is 0.143. The third-order valence-electron chi connectivity index (χ3n) is 3.22. The van der Waals surface area contributed by atoms with Gasteiger partial charge in [-0.1, -0.05) is 6.07 Å². The van der Waals surface area contributed by atoms with Crippen LogP contribution in [0.5, 0.6) is 0 Å². The Labute approximate surface area is 132 Å². The van der Waals surface area contributed by atoms with E-state index in [1.54, 1.807) is 29.5 Å². The molecule has 0 spiro atoms. The molecule has 0 bridgehead atoms. The van der Waals surface area contributed by atoms with Crippen LogP contribution in [0.2, 0.25) is 0 Å². The molecule has 0 saturated carbocycles. The van der Waals surface area contributed by atoms with Gasteiger partial charge in [-0.05, 0) is 47.1 Å². The first kappa shape index (κ1) is 14.1. The number of anilines is 1. The lowest BCUT2D eigenvalue weighted by atomic mass is 10.1. The molecule has 21 heavy (non-hydrogen) atoms. The molecule has 2 aromatic heterocycles. The van der Waals surface area contributed by atoms with Gasteiger partial charge >= 0.3 is 0 Å². The highest BCUT2D eigenvalue weighted by atomic mass is 79.9. The van der Waals surface area contributed by atoms with Crippen LogP contribution in [0, 0.1) is 0 Å². The van der Waals surface area contributed by atoms with Gasteiger partial charge in [-0.3, -0.25) is 19.8 Å². The van der Waals surface area contributed by atoms with E-state index in [2.05, 4.69) is 31.4 Å². The topological polar surface area (TPSA) is 77.8 Å². The van der Waals surface area contributed by atoms with Crippen LogP contribution < -0.4 is 16.4 Å². The van der Waals surface area contributed by atoms with Gasteiger partial charge in [-0.2, -0.15) is 0 Å². The minimum absolute atomic E-state index is 0.0330. The summed E-state index contributed by atoms with van der Waals surface area (Å²) in [7, 11) is 0. The van der Waals surface area contributed by atoms with Crippen molar-refractivity contribution in [1.82, 2.24) is 10.2 Å². The average molecular weight is 366 g/mol. The number of nitrogens with one attached hydrogen (secondary N) is 3. The van der Waals surface area contributed by atoms with E-state index in [1.807, 2.05) is 19.1 Å². The minimum Gasteiger partial charge on any atom is -0.377 e. The first-order chi connectivity index (χ1) is 10.1. The standard InChI is InChI=1S/C14H12BrN3O2S/c1-7(10-5-6-11(15)21-10)16-9-4-2-3-8-12(9)14(20)18-17-13(8)19/h2-7,16H,1H3,(H,17,19)(H,18,20). The molecule has 0 aliphatic heterocycles. The van der Waals surface area contributed by atoms with Gasteiger partial charge in [0.25, 0.3) is 11.1 Å². The fourth-order valence-electron chi connectivity index (χ4n) is 2.22. The Balaban J connectivity index is 2.07. The number of rotatable bonds is 3. The zero-order chi connectivity index (χ0) is 15.0. The monoisotopic (exact) mass is 365 g/mol. The molecule has 0 radical (unpaired) electrons. The SMILES string of the molecule is CC(Nc1cccc2c(=O)[nH][nH]c(=O)c12)c1ccc(Br)s1. The summed E-state index contributed by atoms with van der Waals surface area (Å²) in [5.41, 5.74) is 0.0314. The van der Waals surface area contributed by atoms with Gasteiger partial charge in [0.2, 0.25) is 0 Å². The van der Waals surface area contributed by atoms with Crippen molar-refractivity contribution in [3.05, 3.63) is 59.7 Å². The molecular formula is C14H12BrN3O2S. The maximum absolute atomic E-state index is 12.0. The van der Waals surface area contributed by atoms with Gasteiger partial charge in [0, 0.05) is 10.6 Å². The highest BCUT2D eigenvalue weighted by molar-refractivity contribution is 9.11. The lowest BCUT2D eigenvalue weighted by Gasteiger charge is -2.15. The van der Waals surface area contributed by atoms with Gasteiger partial charge in [0.15, 0.2) is 0 Å². The fourth-order valence-corrected chi connectivity index (χ4v) is 3.64. The third kappa shape index (κ3) is 2.66. The molecule has 2 heterocycles. The Morgan fingerprint density at radius 1 is 1.14 bits per heavy atom. The van der Waals surface area contributed by atoms with Crippen molar-refractivity contribution < 1.29 is 0 Å². The molecular weight excluding hydrogens is 354 g/mol. The number of thiophene rings is 1. The number of hydrogen-bond donors (Lipinski definition) is 3. The van der Waals surface area contributed by atoms with Crippen LogP contribution in [0.15, 0.2) is 43.7 Å². The van der Waals surface area contributed by atoms with E-state index in [0.717, 1.165) is 8.66 Å². The molecule has 1 aromatic carbocycles. The largest absolute Gasteiger partial charge is 0.377 e. The molecule has 3 aromatic rings. The lowest BCUT2D eigenvalue weighted by molar-refractivity contribution is 0.908. The number of benzene rings is 1. The summed E-state index contributed by atoms with van der Waals surface area (Å²) < 4.78 is 1.05. The number of halogens is 1.